The summed E-state index contributed by atoms with van der Waals surface area (Å²) in [4.78, 5) is 23.4. The first-order valence-electron chi connectivity index (χ1n) is 7.27. The largest absolute Gasteiger partial charge is 0.496 e. The van der Waals surface area contributed by atoms with E-state index in [-0.39, 0.29) is 5.91 Å². The Morgan fingerprint density at radius 3 is 2.65 bits per heavy atom. The second-order valence-electron chi connectivity index (χ2n) is 5.36. The number of thiazole rings is 1. The zero-order chi connectivity index (χ0) is 17.0. The molecule has 0 spiro atoms. The molecule has 2 aromatic rings. The number of carbonyl (C=O) groups excluding carboxylic acids is 1. The van der Waals surface area contributed by atoms with Crippen LogP contribution < -0.4 is 4.74 Å². The number of likely N-dealkylation sites (N-methyl/N-ethyl adjacent to an activating group) is 1. The van der Waals surface area contributed by atoms with Gasteiger partial charge in [0.05, 0.1) is 24.4 Å². The SMILES string of the molecule is COc1c(C)cnc(CN(C)C(=O)/C=C/c2cnc(C)s2)c1C. The predicted molar refractivity (Wildman–Crippen MR) is 92.6 cm³/mol. The van der Waals surface area contributed by atoms with Crippen LogP contribution in [0.2, 0.25) is 0 Å². The third-order valence-electron chi connectivity index (χ3n) is 3.54. The zero-order valence-electron chi connectivity index (χ0n) is 14.1. The van der Waals surface area contributed by atoms with Crippen LogP contribution in [0.3, 0.4) is 0 Å². The first-order valence-corrected chi connectivity index (χ1v) is 8.08. The number of ether oxygens (including phenoxy) is 1. The second kappa shape index (κ2) is 7.37. The van der Waals surface area contributed by atoms with E-state index in [1.54, 1.807) is 54.9 Å². The Morgan fingerprint density at radius 1 is 1.30 bits per heavy atom. The van der Waals surface area contributed by atoms with Crippen molar-refractivity contribution in [3.63, 3.8) is 0 Å². The van der Waals surface area contributed by atoms with Crippen molar-refractivity contribution >= 4 is 23.3 Å². The molecule has 122 valence electrons. The molecule has 2 aromatic heterocycles. The van der Waals surface area contributed by atoms with E-state index in [2.05, 4.69) is 9.97 Å². The van der Waals surface area contributed by atoms with Crippen molar-refractivity contribution in [2.75, 3.05) is 14.2 Å². The highest BCUT2D eigenvalue weighted by Crippen LogP contribution is 2.24. The van der Waals surface area contributed by atoms with Crippen molar-refractivity contribution in [3.8, 4) is 5.75 Å². The minimum absolute atomic E-state index is 0.0724. The summed E-state index contributed by atoms with van der Waals surface area (Å²) in [5, 5.41) is 0.983. The molecule has 0 radical (unpaired) electrons. The van der Waals surface area contributed by atoms with Crippen LogP contribution >= 0.6 is 11.3 Å². The molecule has 0 saturated carbocycles. The van der Waals surface area contributed by atoms with E-state index in [9.17, 15) is 4.79 Å². The minimum Gasteiger partial charge on any atom is -0.496 e. The maximum Gasteiger partial charge on any atom is 0.246 e. The molecule has 0 aromatic carbocycles. The number of methoxy groups -OCH3 is 1. The number of nitrogens with zero attached hydrogens (tertiary/aromatic N) is 3. The Hall–Kier alpha value is -2.21. The van der Waals surface area contributed by atoms with Crippen LogP contribution in [0, 0.1) is 20.8 Å². The third-order valence-corrected chi connectivity index (χ3v) is 4.42. The monoisotopic (exact) mass is 331 g/mol. The number of hydrogen-bond acceptors (Lipinski definition) is 5. The molecule has 2 heterocycles. The van der Waals surface area contributed by atoms with Gasteiger partial charge in [0, 0.05) is 41.5 Å². The molecular formula is C17H21N3O2S. The second-order valence-corrected chi connectivity index (χ2v) is 6.62. The summed E-state index contributed by atoms with van der Waals surface area (Å²) in [5.74, 6) is 0.753. The lowest BCUT2D eigenvalue weighted by atomic mass is 10.1. The lowest BCUT2D eigenvalue weighted by Gasteiger charge is -2.18. The van der Waals surface area contributed by atoms with Gasteiger partial charge in [-0.2, -0.15) is 0 Å². The van der Waals surface area contributed by atoms with E-state index in [1.807, 2.05) is 20.8 Å². The summed E-state index contributed by atoms with van der Waals surface area (Å²) in [6.45, 7) is 6.29. The molecule has 0 atom stereocenters. The zero-order valence-corrected chi connectivity index (χ0v) is 14.9. The third kappa shape index (κ3) is 4.16. The molecule has 0 unspecified atom stereocenters. The van der Waals surface area contributed by atoms with Gasteiger partial charge in [0.1, 0.15) is 5.75 Å². The van der Waals surface area contributed by atoms with Crippen LogP contribution in [0.4, 0.5) is 0 Å². The van der Waals surface area contributed by atoms with Crippen LogP contribution in [0.5, 0.6) is 5.75 Å². The molecule has 6 heteroatoms. The van der Waals surface area contributed by atoms with Gasteiger partial charge in [0.15, 0.2) is 0 Å². The lowest BCUT2D eigenvalue weighted by molar-refractivity contribution is -0.125. The quantitative estimate of drug-likeness (QED) is 0.790. The fourth-order valence-electron chi connectivity index (χ4n) is 2.27. The Morgan fingerprint density at radius 2 is 2.04 bits per heavy atom. The maximum absolute atomic E-state index is 12.2. The highest BCUT2D eigenvalue weighted by molar-refractivity contribution is 7.12. The molecule has 0 fully saturated rings. The predicted octanol–water partition coefficient (Wildman–Crippen LogP) is 3.14. The highest BCUT2D eigenvalue weighted by Gasteiger charge is 2.13. The van der Waals surface area contributed by atoms with Gasteiger partial charge in [-0.25, -0.2) is 4.98 Å². The summed E-state index contributed by atoms with van der Waals surface area (Å²) in [6, 6.07) is 0. The molecule has 0 saturated heterocycles. The molecule has 0 aliphatic rings. The average molecular weight is 331 g/mol. The molecule has 5 nitrogen and oxygen atoms in total. The molecule has 23 heavy (non-hydrogen) atoms. The van der Waals surface area contributed by atoms with Gasteiger partial charge in [-0.3, -0.25) is 9.78 Å². The molecule has 0 bridgehead atoms. The van der Waals surface area contributed by atoms with Gasteiger partial charge < -0.3 is 9.64 Å². The molecule has 0 aliphatic carbocycles. The molecule has 0 N–H and O–H groups in total. The summed E-state index contributed by atoms with van der Waals surface area (Å²) < 4.78 is 5.40. The maximum atomic E-state index is 12.2. The number of carbonyl (C=O) groups is 1. The van der Waals surface area contributed by atoms with Crippen LogP contribution in [-0.4, -0.2) is 34.9 Å². The van der Waals surface area contributed by atoms with Crippen LogP contribution in [0.1, 0.15) is 26.7 Å². The average Bonchev–Trinajstić information content (AvgIpc) is 2.93. The van der Waals surface area contributed by atoms with Crippen molar-refractivity contribution < 1.29 is 9.53 Å². The van der Waals surface area contributed by atoms with Gasteiger partial charge in [0.2, 0.25) is 5.91 Å². The summed E-state index contributed by atoms with van der Waals surface area (Å²) >= 11 is 1.56. The van der Waals surface area contributed by atoms with Gasteiger partial charge >= 0.3 is 0 Å². The Bertz CT molecular complexity index is 737. The Kier molecular flexibility index (Phi) is 5.50. The van der Waals surface area contributed by atoms with Crippen molar-refractivity contribution in [2.24, 2.45) is 0 Å². The fraction of sp³-hybridized carbons (Fsp3) is 0.353. The Labute approximate surface area is 140 Å². The van der Waals surface area contributed by atoms with E-state index in [0.717, 1.165) is 32.5 Å². The number of rotatable bonds is 5. The van der Waals surface area contributed by atoms with E-state index >= 15 is 0 Å². The minimum atomic E-state index is -0.0724. The van der Waals surface area contributed by atoms with Crippen molar-refractivity contribution in [3.05, 3.63) is 45.2 Å². The summed E-state index contributed by atoms with van der Waals surface area (Å²) in [6.07, 6.45) is 6.89. The summed E-state index contributed by atoms with van der Waals surface area (Å²) in [7, 11) is 3.41. The van der Waals surface area contributed by atoms with Crippen molar-refractivity contribution in [2.45, 2.75) is 27.3 Å². The van der Waals surface area contributed by atoms with Crippen LogP contribution in [-0.2, 0) is 11.3 Å². The van der Waals surface area contributed by atoms with Crippen molar-refractivity contribution in [1.29, 1.82) is 0 Å². The summed E-state index contributed by atoms with van der Waals surface area (Å²) in [5.41, 5.74) is 2.79. The standard InChI is InChI=1S/C17H21N3O2S/c1-11-8-19-15(12(2)17(11)22-5)10-20(4)16(21)7-6-14-9-18-13(3)23-14/h6-9H,10H2,1-5H3/b7-6+. The number of aryl methyl sites for hydroxylation is 2. The van der Waals surface area contributed by atoms with E-state index in [0.29, 0.717) is 6.54 Å². The number of amides is 1. The normalized spacial score (nSPS) is 11.0. The van der Waals surface area contributed by atoms with Gasteiger partial charge in [0.25, 0.3) is 0 Å². The number of pyridine rings is 1. The highest BCUT2D eigenvalue weighted by atomic mass is 32.1. The Balaban J connectivity index is 2.08. The van der Waals surface area contributed by atoms with Gasteiger partial charge in [-0.05, 0) is 26.8 Å². The molecular weight excluding hydrogens is 310 g/mol. The molecule has 0 aliphatic heterocycles. The fourth-order valence-corrected chi connectivity index (χ4v) is 2.96. The molecule has 1 amide bonds. The van der Waals surface area contributed by atoms with E-state index in [4.69, 9.17) is 4.74 Å². The first-order chi connectivity index (χ1) is 10.9. The van der Waals surface area contributed by atoms with E-state index < -0.39 is 0 Å². The molecule has 2 rings (SSSR count). The lowest BCUT2D eigenvalue weighted by Crippen LogP contribution is -2.25. The smallest absolute Gasteiger partial charge is 0.246 e. The van der Waals surface area contributed by atoms with Gasteiger partial charge in [-0.15, -0.1) is 11.3 Å². The van der Waals surface area contributed by atoms with E-state index in [1.165, 1.54) is 0 Å². The van der Waals surface area contributed by atoms with Gasteiger partial charge in [-0.1, -0.05) is 0 Å². The first kappa shape index (κ1) is 17.1. The number of hydrogen-bond donors (Lipinski definition) is 0. The van der Waals surface area contributed by atoms with Crippen LogP contribution in [0.25, 0.3) is 6.08 Å². The topological polar surface area (TPSA) is 55.3 Å². The number of aromatic nitrogens is 2. The van der Waals surface area contributed by atoms with Crippen molar-refractivity contribution in [1.82, 2.24) is 14.9 Å². The van der Waals surface area contributed by atoms with Crippen LogP contribution in [0.15, 0.2) is 18.5 Å².